The minimum atomic E-state index is -3.70. The first-order valence-electron chi connectivity index (χ1n) is 7.87. The first-order chi connectivity index (χ1) is 11.8. The van der Waals surface area contributed by atoms with Gasteiger partial charge in [-0.15, -0.1) is 0 Å². The van der Waals surface area contributed by atoms with E-state index in [0.29, 0.717) is 11.4 Å². The number of benzene rings is 2. The Morgan fingerprint density at radius 3 is 2.44 bits per heavy atom. The third-order valence-electron chi connectivity index (χ3n) is 3.31. The maximum atomic E-state index is 12.4. The van der Waals surface area contributed by atoms with Crippen molar-refractivity contribution in [3.63, 3.8) is 0 Å². The molecule has 0 radical (unpaired) electrons. The van der Waals surface area contributed by atoms with Gasteiger partial charge in [0.2, 0.25) is 15.9 Å². The predicted molar refractivity (Wildman–Crippen MR) is 97.1 cm³/mol. The van der Waals surface area contributed by atoms with E-state index in [1.54, 1.807) is 42.5 Å². The SMILES string of the molecule is CC(C)Oc1cccc(NC(=O)CN(C)S(=O)(=O)c2ccccc2)c1. The molecule has 0 aliphatic rings. The second-order valence-corrected chi connectivity index (χ2v) is 7.86. The minimum absolute atomic E-state index is 0.0214. The summed E-state index contributed by atoms with van der Waals surface area (Å²) in [4.78, 5) is 12.3. The van der Waals surface area contributed by atoms with Crippen LogP contribution < -0.4 is 10.1 Å². The van der Waals surface area contributed by atoms with Crippen LogP contribution in [0.3, 0.4) is 0 Å². The van der Waals surface area contributed by atoms with Gasteiger partial charge in [0.05, 0.1) is 17.5 Å². The summed E-state index contributed by atoms with van der Waals surface area (Å²) >= 11 is 0. The Bertz CT molecular complexity index is 820. The van der Waals surface area contributed by atoms with Gasteiger partial charge < -0.3 is 10.1 Å². The zero-order valence-electron chi connectivity index (χ0n) is 14.5. The molecule has 0 atom stereocenters. The molecule has 2 aromatic carbocycles. The van der Waals surface area contributed by atoms with Crippen LogP contribution in [0.15, 0.2) is 59.5 Å². The zero-order valence-corrected chi connectivity index (χ0v) is 15.3. The van der Waals surface area contributed by atoms with Crippen LogP contribution in [0.4, 0.5) is 5.69 Å². The fourth-order valence-corrected chi connectivity index (χ4v) is 3.33. The minimum Gasteiger partial charge on any atom is -0.491 e. The third kappa shape index (κ3) is 5.30. The van der Waals surface area contributed by atoms with Gasteiger partial charge in [-0.1, -0.05) is 24.3 Å². The van der Waals surface area contributed by atoms with E-state index in [0.717, 1.165) is 4.31 Å². The van der Waals surface area contributed by atoms with Gasteiger partial charge >= 0.3 is 0 Å². The highest BCUT2D eigenvalue weighted by Gasteiger charge is 2.22. The van der Waals surface area contributed by atoms with E-state index in [2.05, 4.69) is 5.32 Å². The number of ether oxygens (including phenoxy) is 1. The number of carbonyl (C=O) groups excluding carboxylic acids is 1. The number of rotatable bonds is 7. The van der Waals surface area contributed by atoms with Crippen LogP contribution in [0.5, 0.6) is 5.75 Å². The Balaban J connectivity index is 2.02. The molecule has 6 nitrogen and oxygen atoms in total. The molecule has 7 heteroatoms. The van der Waals surface area contributed by atoms with Crippen molar-refractivity contribution >= 4 is 21.6 Å². The van der Waals surface area contributed by atoms with Crippen LogP contribution in [0.25, 0.3) is 0 Å². The maximum absolute atomic E-state index is 12.4. The number of anilines is 1. The molecule has 25 heavy (non-hydrogen) atoms. The Hall–Kier alpha value is -2.38. The number of likely N-dealkylation sites (N-methyl/N-ethyl adjacent to an activating group) is 1. The fraction of sp³-hybridized carbons (Fsp3) is 0.278. The molecule has 0 heterocycles. The highest BCUT2D eigenvalue weighted by Crippen LogP contribution is 2.19. The topological polar surface area (TPSA) is 75.7 Å². The Labute approximate surface area is 148 Å². The summed E-state index contributed by atoms with van der Waals surface area (Å²) in [6, 6.07) is 15.0. The van der Waals surface area contributed by atoms with Crippen LogP contribution >= 0.6 is 0 Å². The van der Waals surface area contributed by atoms with E-state index in [1.807, 2.05) is 13.8 Å². The number of nitrogens with zero attached hydrogens (tertiary/aromatic N) is 1. The van der Waals surface area contributed by atoms with Gasteiger partial charge in [-0.25, -0.2) is 8.42 Å². The average Bonchev–Trinajstić information content (AvgIpc) is 2.55. The van der Waals surface area contributed by atoms with E-state index in [4.69, 9.17) is 4.74 Å². The molecule has 0 saturated carbocycles. The Kier molecular flexibility index (Phi) is 6.17. The molecule has 0 fully saturated rings. The third-order valence-corrected chi connectivity index (χ3v) is 5.12. The van der Waals surface area contributed by atoms with E-state index >= 15 is 0 Å². The standard InChI is InChI=1S/C18H22N2O4S/c1-14(2)24-16-9-7-8-15(12-16)19-18(21)13-20(3)25(22,23)17-10-5-4-6-11-17/h4-12,14H,13H2,1-3H3,(H,19,21). The average molecular weight is 362 g/mol. The van der Waals surface area contributed by atoms with Crippen molar-refractivity contribution in [2.75, 3.05) is 18.9 Å². The van der Waals surface area contributed by atoms with Crippen molar-refractivity contribution in [3.8, 4) is 5.75 Å². The van der Waals surface area contributed by atoms with Gasteiger partial charge in [0, 0.05) is 18.8 Å². The molecule has 0 spiro atoms. The molecule has 1 amide bonds. The van der Waals surface area contributed by atoms with E-state index in [9.17, 15) is 13.2 Å². The Morgan fingerprint density at radius 2 is 1.80 bits per heavy atom. The quantitative estimate of drug-likeness (QED) is 0.822. The summed E-state index contributed by atoms with van der Waals surface area (Å²) < 4.78 is 31.4. The van der Waals surface area contributed by atoms with Crippen molar-refractivity contribution in [3.05, 3.63) is 54.6 Å². The molecule has 1 N–H and O–H groups in total. The van der Waals surface area contributed by atoms with E-state index in [1.165, 1.54) is 19.2 Å². The number of amides is 1. The summed E-state index contributed by atoms with van der Waals surface area (Å²) in [6.45, 7) is 3.54. The van der Waals surface area contributed by atoms with Crippen LogP contribution in [0, 0.1) is 0 Å². The van der Waals surface area contributed by atoms with Crippen molar-refractivity contribution in [2.24, 2.45) is 0 Å². The molecule has 0 aliphatic heterocycles. The zero-order chi connectivity index (χ0) is 18.4. The van der Waals surface area contributed by atoms with E-state index in [-0.39, 0.29) is 17.5 Å². The maximum Gasteiger partial charge on any atom is 0.243 e. The number of nitrogens with one attached hydrogen (secondary N) is 1. The second-order valence-electron chi connectivity index (χ2n) is 5.82. The highest BCUT2D eigenvalue weighted by molar-refractivity contribution is 7.89. The molecule has 134 valence electrons. The molecular weight excluding hydrogens is 340 g/mol. The number of hydrogen-bond donors (Lipinski definition) is 1. The lowest BCUT2D eigenvalue weighted by atomic mass is 10.3. The predicted octanol–water partition coefficient (Wildman–Crippen LogP) is 2.73. The first-order valence-corrected chi connectivity index (χ1v) is 9.31. The first kappa shape index (κ1) is 19.0. The lowest BCUT2D eigenvalue weighted by Gasteiger charge is -2.17. The van der Waals surface area contributed by atoms with Gasteiger partial charge in [0.1, 0.15) is 5.75 Å². The van der Waals surface area contributed by atoms with Crippen molar-refractivity contribution in [1.82, 2.24) is 4.31 Å². The lowest BCUT2D eigenvalue weighted by molar-refractivity contribution is -0.116. The molecule has 0 aliphatic carbocycles. The Morgan fingerprint density at radius 1 is 1.12 bits per heavy atom. The van der Waals surface area contributed by atoms with Gasteiger partial charge in [-0.05, 0) is 38.1 Å². The smallest absolute Gasteiger partial charge is 0.243 e. The second kappa shape index (κ2) is 8.13. The van der Waals surface area contributed by atoms with Gasteiger partial charge in [-0.3, -0.25) is 4.79 Å². The van der Waals surface area contributed by atoms with Crippen LogP contribution in [-0.4, -0.2) is 38.3 Å². The lowest BCUT2D eigenvalue weighted by Crippen LogP contribution is -2.34. The monoisotopic (exact) mass is 362 g/mol. The van der Waals surface area contributed by atoms with Gasteiger partial charge in [0.15, 0.2) is 0 Å². The largest absolute Gasteiger partial charge is 0.491 e. The van der Waals surface area contributed by atoms with Crippen molar-refractivity contribution in [2.45, 2.75) is 24.8 Å². The van der Waals surface area contributed by atoms with Gasteiger partial charge in [0.25, 0.3) is 0 Å². The molecule has 2 rings (SSSR count). The van der Waals surface area contributed by atoms with Crippen LogP contribution in [-0.2, 0) is 14.8 Å². The fourth-order valence-electron chi connectivity index (χ4n) is 2.18. The van der Waals surface area contributed by atoms with Crippen LogP contribution in [0.2, 0.25) is 0 Å². The summed E-state index contributed by atoms with van der Waals surface area (Å²) in [7, 11) is -2.33. The number of sulfonamides is 1. The summed E-state index contributed by atoms with van der Waals surface area (Å²) in [6.07, 6.45) is 0.0214. The van der Waals surface area contributed by atoms with Crippen LogP contribution in [0.1, 0.15) is 13.8 Å². The molecule has 2 aromatic rings. The highest BCUT2D eigenvalue weighted by atomic mass is 32.2. The normalized spacial score (nSPS) is 11.6. The summed E-state index contributed by atoms with van der Waals surface area (Å²) in [5.41, 5.74) is 0.550. The van der Waals surface area contributed by atoms with Crippen molar-refractivity contribution < 1.29 is 17.9 Å². The summed E-state index contributed by atoms with van der Waals surface area (Å²) in [5, 5.41) is 2.68. The molecular formula is C18H22N2O4S. The molecule has 0 saturated heterocycles. The molecule has 0 bridgehead atoms. The number of hydrogen-bond acceptors (Lipinski definition) is 4. The van der Waals surface area contributed by atoms with E-state index < -0.39 is 15.9 Å². The van der Waals surface area contributed by atoms with Crippen molar-refractivity contribution in [1.29, 1.82) is 0 Å². The summed E-state index contributed by atoms with van der Waals surface area (Å²) in [5.74, 6) is 0.210. The molecule has 0 unspecified atom stereocenters. The molecule has 0 aromatic heterocycles. The van der Waals surface area contributed by atoms with Gasteiger partial charge in [-0.2, -0.15) is 4.31 Å². The number of carbonyl (C=O) groups is 1.